The number of hydrogen-bond donors (Lipinski definition) is 1. The van der Waals surface area contributed by atoms with E-state index in [9.17, 15) is 0 Å². The molecule has 1 aliphatic carbocycles. The molecule has 0 aromatic carbocycles. The van der Waals surface area contributed by atoms with E-state index in [-0.39, 0.29) is 0 Å². The fourth-order valence-corrected chi connectivity index (χ4v) is 2.27. The standard InChI is InChI=1S/C11H22N2/c1-9(2)12-11-5-6-13(8-11)7-10-3-4-10/h9-12H,3-8H2,1-2H3. The van der Waals surface area contributed by atoms with Crippen molar-refractivity contribution in [3.63, 3.8) is 0 Å². The van der Waals surface area contributed by atoms with E-state index in [2.05, 4.69) is 24.1 Å². The second-order valence-corrected chi connectivity index (χ2v) is 5.01. The quantitative estimate of drug-likeness (QED) is 0.708. The highest BCUT2D eigenvalue weighted by molar-refractivity contribution is 4.85. The molecule has 2 fully saturated rings. The molecule has 0 amide bonds. The van der Waals surface area contributed by atoms with E-state index >= 15 is 0 Å². The molecule has 0 aromatic rings. The first-order chi connectivity index (χ1) is 6.24. The van der Waals surface area contributed by atoms with E-state index < -0.39 is 0 Å². The van der Waals surface area contributed by atoms with Crippen molar-refractivity contribution in [1.29, 1.82) is 0 Å². The SMILES string of the molecule is CC(C)NC1CCN(CC2CC2)C1. The molecule has 2 heteroatoms. The lowest BCUT2D eigenvalue weighted by Gasteiger charge is -2.17. The van der Waals surface area contributed by atoms with Crippen molar-refractivity contribution in [2.45, 2.75) is 45.2 Å². The summed E-state index contributed by atoms with van der Waals surface area (Å²) in [5, 5.41) is 3.62. The van der Waals surface area contributed by atoms with E-state index in [1.54, 1.807) is 0 Å². The van der Waals surface area contributed by atoms with Gasteiger partial charge in [-0.3, -0.25) is 0 Å². The molecule has 0 aromatic heterocycles. The molecule has 2 aliphatic rings. The molecule has 1 heterocycles. The summed E-state index contributed by atoms with van der Waals surface area (Å²) < 4.78 is 0. The van der Waals surface area contributed by atoms with Crippen LogP contribution in [0.4, 0.5) is 0 Å². The Labute approximate surface area is 81.7 Å². The Hall–Kier alpha value is -0.0800. The van der Waals surface area contributed by atoms with Gasteiger partial charge in [0.05, 0.1) is 0 Å². The van der Waals surface area contributed by atoms with E-state index in [0.717, 1.165) is 12.0 Å². The maximum absolute atomic E-state index is 3.62. The first kappa shape index (κ1) is 9.47. The van der Waals surface area contributed by atoms with Gasteiger partial charge in [-0.2, -0.15) is 0 Å². The Morgan fingerprint density at radius 2 is 2.08 bits per heavy atom. The van der Waals surface area contributed by atoms with Gasteiger partial charge in [-0.1, -0.05) is 13.8 Å². The van der Waals surface area contributed by atoms with Crippen LogP contribution < -0.4 is 5.32 Å². The highest BCUT2D eigenvalue weighted by atomic mass is 15.2. The third-order valence-corrected chi connectivity index (χ3v) is 3.05. The van der Waals surface area contributed by atoms with Crippen LogP contribution in [-0.2, 0) is 0 Å². The van der Waals surface area contributed by atoms with Gasteiger partial charge in [-0.15, -0.1) is 0 Å². The van der Waals surface area contributed by atoms with E-state index in [1.165, 1.54) is 38.9 Å². The first-order valence-corrected chi connectivity index (χ1v) is 5.72. The number of hydrogen-bond acceptors (Lipinski definition) is 2. The van der Waals surface area contributed by atoms with Crippen LogP contribution in [0.2, 0.25) is 0 Å². The summed E-state index contributed by atoms with van der Waals surface area (Å²) in [5.74, 6) is 1.05. The number of nitrogens with zero attached hydrogens (tertiary/aromatic N) is 1. The van der Waals surface area contributed by atoms with Crippen molar-refractivity contribution in [3.8, 4) is 0 Å². The van der Waals surface area contributed by atoms with Gasteiger partial charge in [0.1, 0.15) is 0 Å². The molecule has 1 unspecified atom stereocenters. The lowest BCUT2D eigenvalue weighted by molar-refractivity contribution is 0.311. The van der Waals surface area contributed by atoms with E-state index in [4.69, 9.17) is 0 Å². The highest BCUT2D eigenvalue weighted by Crippen LogP contribution is 2.30. The maximum atomic E-state index is 3.62. The monoisotopic (exact) mass is 182 g/mol. The largest absolute Gasteiger partial charge is 0.310 e. The van der Waals surface area contributed by atoms with Gasteiger partial charge < -0.3 is 10.2 Å². The molecule has 1 atom stereocenters. The van der Waals surface area contributed by atoms with Crippen LogP contribution in [-0.4, -0.2) is 36.6 Å². The zero-order chi connectivity index (χ0) is 9.26. The minimum atomic E-state index is 0.644. The summed E-state index contributed by atoms with van der Waals surface area (Å²) in [5.41, 5.74) is 0. The second-order valence-electron chi connectivity index (χ2n) is 5.01. The summed E-state index contributed by atoms with van der Waals surface area (Å²) in [4.78, 5) is 2.64. The number of nitrogens with one attached hydrogen (secondary N) is 1. The van der Waals surface area contributed by atoms with Gasteiger partial charge in [-0.05, 0) is 31.7 Å². The zero-order valence-electron chi connectivity index (χ0n) is 8.92. The van der Waals surface area contributed by atoms with E-state index in [1.807, 2.05) is 0 Å². The van der Waals surface area contributed by atoms with Gasteiger partial charge in [0.2, 0.25) is 0 Å². The van der Waals surface area contributed by atoms with Crippen LogP contribution in [0.25, 0.3) is 0 Å². The molecule has 0 spiro atoms. The Morgan fingerprint density at radius 3 is 2.69 bits per heavy atom. The highest BCUT2D eigenvalue weighted by Gasteiger charge is 2.28. The predicted octanol–water partition coefficient (Wildman–Crippen LogP) is 1.47. The van der Waals surface area contributed by atoms with Gasteiger partial charge in [0.15, 0.2) is 0 Å². The summed E-state index contributed by atoms with van der Waals surface area (Å²) in [6.07, 6.45) is 4.32. The van der Waals surface area contributed by atoms with E-state index in [0.29, 0.717) is 6.04 Å². The van der Waals surface area contributed by atoms with Crippen LogP contribution in [0.15, 0.2) is 0 Å². The number of likely N-dealkylation sites (tertiary alicyclic amines) is 1. The smallest absolute Gasteiger partial charge is 0.0209 e. The average Bonchev–Trinajstić information content (AvgIpc) is 2.73. The van der Waals surface area contributed by atoms with Gasteiger partial charge in [0.25, 0.3) is 0 Å². The molecule has 1 saturated carbocycles. The molecule has 0 bridgehead atoms. The molecule has 1 saturated heterocycles. The Bertz CT molecular complexity index is 153. The fraction of sp³-hybridized carbons (Fsp3) is 1.00. The lowest BCUT2D eigenvalue weighted by atomic mass is 10.2. The molecular weight excluding hydrogens is 160 g/mol. The second kappa shape index (κ2) is 3.97. The Balaban J connectivity index is 1.67. The predicted molar refractivity (Wildman–Crippen MR) is 55.8 cm³/mol. The third kappa shape index (κ3) is 2.96. The molecule has 1 N–H and O–H groups in total. The van der Waals surface area contributed by atoms with Crippen molar-refractivity contribution in [1.82, 2.24) is 10.2 Å². The van der Waals surface area contributed by atoms with Gasteiger partial charge >= 0.3 is 0 Å². The van der Waals surface area contributed by atoms with Crippen molar-refractivity contribution in [2.24, 2.45) is 5.92 Å². The fourth-order valence-electron chi connectivity index (χ4n) is 2.27. The summed E-state index contributed by atoms with van der Waals surface area (Å²) in [7, 11) is 0. The molecule has 76 valence electrons. The number of rotatable bonds is 4. The first-order valence-electron chi connectivity index (χ1n) is 5.72. The van der Waals surface area contributed by atoms with Crippen LogP contribution in [0.3, 0.4) is 0 Å². The normalized spacial score (nSPS) is 30.2. The van der Waals surface area contributed by atoms with Crippen molar-refractivity contribution < 1.29 is 0 Å². The third-order valence-electron chi connectivity index (χ3n) is 3.05. The Morgan fingerprint density at radius 1 is 1.31 bits per heavy atom. The van der Waals surface area contributed by atoms with Crippen LogP contribution in [0.5, 0.6) is 0 Å². The van der Waals surface area contributed by atoms with Crippen LogP contribution in [0.1, 0.15) is 33.1 Å². The summed E-state index contributed by atoms with van der Waals surface area (Å²) >= 11 is 0. The molecular formula is C11H22N2. The van der Waals surface area contributed by atoms with Crippen molar-refractivity contribution in [3.05, 3.63) is 0 Å². The molecule has 1 aliphatic heterocycles. The van der Waals surface area contributed by atoms with Gasteiger partial charge in [0, 0.05) is 25.2 Å². The van der Waals surface area contributed by atoms with Crippen LogP contribution in [0, 0.1) is 5.92 Å². The van der Waals surface area contributed by atoms with Crippen LogP contribution >= 0.6 is 0 Å². The van der Waals surface area contributed by atoms with Crippen molar-refractivity contribution in [2.75, 3.05) is 19.6 Å². The lowest BCUT2D eigenvalue weighted by Crippen LogP contribution is -2.37. The van der Waals surface area contributed by atoms with Gasteiger partial charge in [-0.25, -0.2) is 0 Å². The average molecular weight is 182 g/mol. The molecule has 13 heavy (non-hydrogen) atoms. The summed E-state index contributed by atoms with van der Waals surface area (Å²) in [6, 6.07) is 1.41. The van der Waals surface area contributed by atoms with Crippen molar-refractivity contribution >= 4 is 0 Å². The minimum Gasteiger partial charge on any atom is -0.310 e. The topological polar surface area (TPSA) is 15.3 Å². The minimum absolute atomic E-state index is 0.644. The molecule has 2 nitrogen and oxygen atoms in total. The molecule has 0 radical (unpaired) electrons. The zero-order valence-corrected chi connectivity index (χ0v) is 8.92. The maximum Gasteiger partial charge on any atom is 0.0209 e. The summed E-state index contributed by atoms with van der Waals surface area (Å²) in [6.45, 7) is 8.46. The Kier molecular flexibility index (Phi) is 2.89. The molecule has 2 rings (SSSR count).